The van der Waals surface area contributed by atoms with Crippen molar-refractivity contribution in [3.8, 4) is 23.0 Å². The standard InChI is InChI=1S/C29H28ClN5O3/c1-29(38-4,18-36-2)34-24-17-27-25(16-23(24)33-22-12-8-14-31-28(22)37-3)32-21-11-5-6-13-26(21)35(27)20-10-7-9-19(30)15-20/h5-17,33H,18H2,1-4H3/b34-24+. The van der Waals surface area contributed by atoms with Gasteiger partial charge in [-0.05, 0) is 61.5 Å². The van der Waals surface area contributed by atoms with Crippen LogP contribution in [0.5, 0.6) is 5.88 Å². The Hall–Kier alpha value is -3.98. The molecule has 0 radical (unpaired) electrons. The Kier molecular flexibility index (Phi) is 7.28. The highest BCUT2D eigenvalue weighted by atomic mass is 35.5. The van der Waals surface area contributed by atoms with E-state index in [0.29, 0.717) is 27.6 Å². The molecule has 1 aliphatic heterocycles. The number of fused-ring (bicyclic) bond motifs is 2. The third kappa shape index (κ3) is 5.06. The summed E-state index contributed by atoms with van der Waals surface area (Å²) in [6.07, 6.45) is 1.68. The second-order valence-corrected chi connectivity index (χ2v) is 9.32. The fraction of sp³-hybridized carbons (Fsp3) is 0.207. The molecule has 9 heteroatoms. The third-order valence-electron chi connectivity index (χ3n) is 6.21. The van der Waals surface area contributed by atoms with E-state index in [2.05, 4.69) is 14.9 Å². The summed E-state index contributed by atoms with van der Waals surface area (Å²) in [5.41, 5.74) is 4.79. The molecule has 8 nitrogen and oxygen atoms in total. The number of methoxy groups -OCH3 is 3. The minimum absolute atomic E-state index is 0.265. The molecule has 194 valence electrons. The van der Waals surface area contributed by atoms with Crippen LogP contribution in [0.1, 0.15) is 6.92 Å². The molecule has 3 aromatic rings. The molecule has 1 aliphatic carbocycles. The number of hydrogen-bond donors (Lipinski definition) is 1. The van der Waals surface area contributed by atoms with Gasteiger partial charge in [0.25, 0.3) is 0 Å². The fourth-order valence-electron chi connectivity index (χ4n) is 4.38. The van der Waals surface area contributed by atoms with Crippen LogP contribution in [0.3, 0.4) is 0 Å². The first kappa shape index (κ1) is 25.7. The number of para-hydroxylation sites is 2. The van der Waals surface area contributed by atoms with Crippen molar-refractivity contribution < 1.29 is 14.2 Å². The van der Waals surface area contributed by atoms with E-state index in [0.717, 1.165) is 28.1 Å². The van der Waals surface area contributed by atoms with Gasteiger partial charge < -0.3 is 24.1 Å². The normalized spacial score (nSPS) is 13.6. The monoisotopic (exact) mass is 529 g/mol. The van der Waals surface area contributed by atoms with Gasteiger partial charge in [-0.15, -0.1) is 0 Å². The Morgan fingerprint density at radius 1 is 0.974 bits per heavy atom. The smallest absolute Gasteiger partial charge is 0.237 e. The lowest BCUT2D eigenvalue weighted by Gasteiger charge is -2.24. The van der Waals surface area contributed by atoms with Crippen LogP contribution in [0.15, 0.2) is 84.0 Å². The van der Waals surface area contributed by atoms with E-state index in [9.17, 15) is 0 Å². The molecule has 0 saturated carbocycles. The average molecular weight is 530 g/mol. The number of pyridine rings is 1. The summed E-state index contributed by atoms with van der Waals surface area (Å²) in [4.78, 5) is 14.3. The van der Waals surface area contributed by atoms with E-state index >= 15 is 0 Å². The third-order valence-corrected chi connectivity index (χ3v) is 6.44. The molecule has 0 saturated heterocycles. The highest BCUT2D eigenvalue weighted by Gasteiger charge is 2.24. The largest absolute Gasteiger partial charge is 0.480 e. The summed E-state index contributed by atoms with van der Waals surface area (Å²) in [6.45, 7) is 2.14. The lowest BCUT2D eigenvalue weighted by molar-refractivity contribution is -0.0466. The zero-order valence-corrected chi connectivity index (χ0v) is 22.4. The number of anilines is 2. The van der Waals surface area contributed by atoms with E-state index < -0.39 is 5.72 Å². The molecule has 1 unspecified atom stereocenters. The molecule has 2 heterocycles. The summed E-state index contributed by atoms with van der Waals surface area (Å²) >= 11 is 6.41. The first-order valence-electron chi connectivity index (χ1n) is 12.0. The molecule has 1 atom stereocenters. The SMILES string of the molecule is COCC(C)(/N=c1\cc2n(-c3cccc(Cl)c3)c3ccccc3nc-2cc1Nc1cccnc1OC)OC. The molecule has 2 aromatic carbocycles. The number of aromatic nitrogens is 3. The first-order chi connectivity index (χ1) is 18.4. The van der Waals surface area contributed by atoms with Crippen molar-refractivity contribution in [1.29, 1.82) is 0 Å². The number of nitrogens with one attached hydrogen (secondary N) is 1. The maximum absolute atomic E-state index is 6.41. The lowest BCUT2D eigenvalue weighted by Crippen LogP contribution is -2.33. The number of hydrogen-bond acceptors (Lipinski definition) is 7. The van der Waals surface area contributed by atoms with Gasteiger partial charge in [-0.25, -0.2) is 15.0 Å². The predicted octanol–water partition coefficient (Wildman–Crippen LogP) is 5.84. The minimum atomic E-state index is -0.928. The van der Waals surface area contributed by atoms with Gasteiger partial charge in [-0.2, -0.15) is 0 Å². The van der Waals surface area contributed by atoms with Crippen LogP contribution >= 0.6 is 11.6 Å². The minimum Gasteiger partial charge on any atom is -0.480 e. The Morgan fingerprint density at radius 3 is 2.58 bits per heavy atom. The van der Waals surface area contributed by atoms with Gasteiger partial charge in [0, 0.05) is 31.1 Å². The molecule has 0 bridgehead atoms. The van der Waals surface area contributed by atoms with Crippen LogP contribution in [0, 0.1) is 0 Å². The van der Waals surface area contributed by atoms with Gasteiger partial charge in [-0.3, -0.25) is 0 Å². The van der Waals surface area contributed by atoms with Gasteiger partial charge in [0.15, 0.2) is 5.72 Å². The molecule has 0 fully saturated rings. The van der Waals surface area contributed by atoms with Crippen molar-refractivity contribution in [2.75, 3.05) is 33.3 Å². The van der Waals surface area contributed by atoms with Crippen LogP contribution in [0.2, 0.25) is 5.02 Å². The van der Waals surface area contributed by atoms with Crippen molar-refractivity contribution in [1.82, 2.24) is 14.5 Å². The van der Waals surface area contributed by atoms with Crippen LogP contribution in [0.4, 0.5) is 11.4 Å². The number of halogens is 1. The van der Waals surface area contributed by atoms with Gasteiger partial charge in [0.2, 0.25) is 5.88 Å². The Labute approximate surface area is 225 Å². The zero-order valence-electron chi connectivity index (χ0n) is 21.6. The highest BCUT2D eigenvalue weighted by Crippen LogP contribution is 2.32. The predicted molar refractivity (Wildman–Crippen MR) is 150 cm³/mol. The van der Waals surface area contributed by atoms with Crippen LogP contribution < -0.4 is 15.4 Å². The summed E-state index contributed by atoms with van der Waals surface area (Å²) in [5.74, 6) is 0.463. The first-order valence-corrected chi connectivity index (χ1v) is 12.4. The number of rotatable bonds is 8. The van der Waals surface area contributed by atoms with Crippen LogP contribution in [-0.2, 0) is 9.47 Å². The molecule has 1 aromatic heterocycles. The molecular weight excluding hydrogens is 502 g/mol. The van der Waals surface area contributed by atoms with Crippen molar-refractivity contribution in [3.63, 3.8) is 0 Å². The van der Waals surface area contributed by atoms with Crippen LogP contribution in [0.25, 0.3) is 28.1 Å². The Bertz CT molecular complexity index is 1640. The number of ether oxygens (including phenoxy) is 3. The molecule has 1 N–H and O–H groups in total. The quantitative estimate of drug-likeness (QED) is 0.254. The average Bonchev–Trinajstić information content (AvgIpc) is 2.92. The summed E-state index contributed by atoms with van der Waals surface area (Å²) in [5, 5.41) is 4.73. The Balaban J connectivity index is 1.85. The summed E-state index contributed by atoms with van der Waals surface area (Å²) in [6, 6.07) is 23.4. The number of nitrogens with zero attached hydrogens (tertiary/aromatic N) is 4. The van der Waals surface area contributed by atoms with E-state index in [-0.39, 0.29) is 6.61 Å². The maximum Gasteiger partial charge on any atom is 0.237 e. The van der Waals surface area contributed by atoms with Gasteiger partial charge >= 0.3 is 0 Å². The second-order valence-electron chi connectivity index (χ2n) is 8.88. The van der Waals surface area contributed by atoms with Gasteiger partial charge in [0.05, 0.1) is 47.2 Å². The molecule has 0 amide bonds. The highest BCUT2D eigenvalue weighted by molar-refractivity contribution is 6.30. The molecule has 2 aliphatic rings. The van der Waals surface area contributed by atoms with E-state index in [1.54, 1.807) is 27.5 Å². The van der Waals surface area contributed by atoms with Crippen molar-refractivity contribution in [2.45, 2.75) is 12.6 Å². The van der Waals surface area contributed by atoms with Crippen molar-refractivity contribution in [3.05, 3.63) is 89.4 Å². The second kappa shape index (κ2) is 10.8. The lowest BCUT2D eigenvalue weighted by atomic mass is 10.1. The van der Waals surface area contributed by atoms with E-state index in [1.165, 1.54) is 0 Å². The molecule has 5 rings (SSSR count). The van der Waals surface area contributed by atoms with Gasteiger partial charge in [0.1, 0.15) is 5.69 Å². The maximum atomic E-state index is 6.41. The van der Waals surface area contributed by atoms with Gasteiger partial charge in [-0.1, -0.05) is 29.8 Å². The molecule has 38 heavy (non-hydrogen) atoms. The fourth-order valence-corrected chi connectivity index (χ4v) is 4.57. The van der Waals surface area contributed by atoms with Crippen molar-refractivity contribution in [2.24, 2.45) is 4.99 Å². The summed E-state index contributed by atoms with van der Waals surface area (Å²) in [7, 11) is 4.82. The number of benzene rings is 3. The topological polar surface area (TPSA) is 82.8 Å². The molecule has 0 spiro atoms. The van der Waals surface area contributed by atoms with E-state index in [4.69, 9.17) is 35.8 Å². The zero-order chi connectivity index (χ0) is 26.7. The van der Waals surface area contributed by atoms with Crippen LogP contribution in [-0.4, -0.2) is 48.2 Å². The molecular formula is C29H28ClN5O3. The van der Waals surface area contributed by atoms with Crippen molar-refractivity contribution >= 4 is 34.0 Å². The van der Waals surface area contributed by atoms with E-state index in [1.807, 2.05) is 79.7 Å². The summed E-state index contributed by atoms with van der Waals surface area (Å²) < 4.78 is 18.8. The Morgan fingerprint density at radius 2 is 1.82 bits per heavy atom.